The smallest absolute Gasteiger partial charge is 0.410 e. The minimum absolute atomic E-state index is 0.00545. The lowest BCUT2D eigenvalue weighted by Crippen LogP contribution is -2.58. The molecule has 0 unspecified atom stereocenters. The number of likely N-dealkylation sites (tertiary alicyclic amines) is 2. The molecule has 1 saturated carbocycles. The number of pyridine rings is 1. The van der Waals surface area contributed by atoms with Crippen LogP contribution in [0.25, 0.3) is 0 Å². The number of fused-ring (bicyclic) bond motifs is 1. The molecule has 1 aromatic rings. The molecule has 6 nitrogen and oxygen atoms in total. The third-order valence-electron chi connectivity index (χ3n) is 6.64. The number of nitrogens with zero attached hydrogens (tertiary/aromatic N) is 3. The summed E-state index contributed by atoms with van der Waals surface area (Å²) in [6, 6.07) is 5.88. The van der Waals surface area contributed by atoms with E-state index in [1.165, 1.54) is 0 Å². The van der Waals surface area contributed by atoms with Gasteiger partial charge in [0.05, 0.1) is 6.04 Å². The molecule has 2 aliphatic heterocycles. The Hall–Kier alpha value is -2.11. The van der Waals surface area contributed by atoms with E-state index in [9.17, 15) is 9.59 Å². The van der Waals surface area contributed by atoms with Crippen LogP contribution >= 0.6 is 0 Å². The molecule has 0 radical (unpaired) electrons. The molecule has 0 spiro atoms. The highest BCUT2D eigenvalue weighted by Gasteiger charge is 2.62. The van der Waals surface area contributed by atoms with Crippen LogP contribution in [0.4, 0.5) is 4.79 Å². The second-order valence-electron chi connectivity index (χ2n) is 9.84. The number of hydrogen-bond acceptors (Lipinski definition) is 4. The van der Waals surface area contributed by atoms with Crippen molar-refractivity contribution in [1.29, 1.82) is 0 Å². The molecular weight excluding hydrogens is 354 g/mol. The Balaban J connectivity index is 1.66. The molecule has 0 aromatic carbocycles. The molecule has 4 atom stereocenters. The van der Waals surface area contributed by atoms with Crippen molar-refractivity contribution in [2.24, 2.45) is 5.41 Å². The summed E-state index contributed by atoms with van der Waals surface area (Å²) in [5.41, 5.74) is 0.736. The second-order valence-corrected chi connectivity index (χ2v) is 9.84. The summed E-state index contributed by atoms with van der Waals surface area (Å²) in [5.74, 6) is -0.00545. The van der Waals surface area contributed by atoms with Crippen LogP contribution in [0.15, 0.2) is 18.2 Å². The zero-order valence-corrected chi connectivity index (χ0v) is 17.6. The molecule has 28 heavy (non-hydrogen) atoms. The first-order chi connectivity index (χ1) is 13.1. The van der Waals surface area contributed by atoms with Gasteiger partial charge in [0.15, 0.2) is 0 Å². The molecule has 2 amide bonds. The van der Waals surface area contributed by atoms with Crippen molar-refractivity contribution >= 4 is 12.0 Å². The van der Waals surface area contributed by atoms with Gasteiger partial charge in [-0.05, 0) is 65.5 Å². The van der Waals surface area contributed by atoms with E-state index in [2.05, 4.69) is 11.9 Å². The minimum atomic E-state index is -0.524. The van der Waals surface area contributed by atoms with Crippen molar-refractivity contribution < 1.29 is 14.3 Å². The summed E-state index contributed by atoms with van der Waals surface area (Å²) in [6.45, 7) is 10.4. The van der Waals surface area contributed by atoms with Crippen LogP contribution in [0.5, 0.6) is 0 Å². The van der Waals surface area contributed by atoms with Gasteiger partial charge in [-0.3, -0.25) is 4.79 Å². The summed E-state index contributed by atoms with van der Waals surface area (Å²) in [7, 11) is 0. The van der Waals surface area contributed by atoms with Crippen molar-refractivity contribution in [1.82, 2.24) is 14.8 Å². The Morgan fingerprint density at radius 1 is 1.21 bits per heavy atom. The first kappa shape index (κ1) is 19.2. The number of aryl methyl sites for hydroxylation is 1. The normalized spacial score (nSPS) is 31.7. The number of amides is 2. The SMILES string of the molecule is Cc1cccc(C(=O)N2[C@@H]3CN(C(=O)OC(C)(C)C)[C@@H]4CCC[C@H]2[C@]4(C)C3)n1. The minimum Gasteiger partial charge on any atom is -0.444 e. The predicted octanol–water partition coefficient (Wildman–Crippen LogP) is 3.78. The second kappa shape index (κ2) is 6.46. The van der Waals surface area contributed by atoms with Crippen LogP contribution in [-0.4, -0.2) is 57.1 Å². The Morgan fingerprint density at radius 2 is 1.93 bits per heavy atom. The fourth-order valence-electron chi connectivity index (χ4n) is 5.62. The van der Waals surface area contributed by atoms with Gasteiger partial charge >= 0.3 is 6.09 Å². The zero-order chi connectivity index (χ0) is 20.3. The third kappa shape index (κ3) is 3.07. The summed E-state index contributed by atoms with van der Waals surface area (Å²) >= 11 is 0. The van der Waals surface area contributed by atoms with Crippen LogP contribution in [0.3, 0.4) is 0 Å². The predicted molar refractivity (Wildman–Crippen MR) is 106 cm³/mol. The highest BCUT2D eigenvalue weighted by molar-refractivity contribution is 5.93. The molecule has 3 aliphatic rings. The van der Waals surface area contributed by atoms with Gasteiger partial charge < -0.3 is 14.5 Å². The quantitative estimate of drug-likeness (QED) is 0.738. The summed E-state index contributed by atoms with van der Waals surface area (Å²) in [5, 5.41) is 0. The molecule has 3 fully saturated rings. The molecule has 2 bridgehead atoms. The van der Waals surface area contributed by atoms with Crippen molar-refractivity contribution in [3.8, 4) is 0 Å². The van der Waals surface area contributed by atoms with E-state index in [0.29, 0.717) is 12.2 Å². The van der Waals surface area contributed by atoms with Crippen molar-refractivity contribution in [3.63, 3.8) is 0 Å². The van der Waals surface area contributed by atoms with Crippen molar-refractivity contribution in [2.45, 2.75) is 84.0 Å². The maximum absolute atomic E-state index is 13.4. The fraction of sp³-hybridized carbons (Fsp3) is 0.682. The first-order valence-electron chi connectivity index (χ1n) is 10.4. The van der Waals surface area contributed by atoms with Crippen LogP contribution in [0.2, 0.25) is 0 Å². The van der Waals surface area contributed by atoms with Gasteiger partial charge in [-0.25, -0.2) is 9.78 Å². The highest BCUT2D eigenvalue weighted by Crippen LogP contribution is 2.54. The number of ether oxygens (including phenoxy) is 1. The zero-order valence-electron chi connectivity index (χ0n) is 17.6. The van der Waals surface area contributed by atoms with Crippen molar-refractivity contribution in [3.05, 3.63) is 29.6 Å². The monoisotopic (exact) mass is 385 g/mol. The number of hydrogen-bond donors (Lipinski definition) is 0. The molecule has 152 valence electrons. The topological polar surface area (TPSA) is 62.7 Å². The van der Waals surface area contributed by atoms with Crippen LogP contribution < -0.4 is 0 Å². The average Bonchev–Trinajstić information content (AvgIpc) is 2.89. The lowest BCUT2D eigenvalue weighted by Gasteiger charge is -2.49. The van der Waals surface area contributed by atoms with E-state index in [0.717, 1.165) is 31.4 Å². The summed E-state index contributed by atoms with van der Waals surface area (Å²) in [6.07, 6.45) is 3.67. The third-order valence-corrected chi connectivity index (χ3v) is 6.64. The Bertz CT molecular complexity index is 802. The van der Waals surface area contributed by atoms with Crippen molar-refractivity contribution in [2.75, 3.05) is 6.54 Å². The molecule has 6 heteroatoms. The van der Waals surface area contributed by atoms with Gasteiger partial charge in [0.2, 0.25) is 0 Å². The Labute approximate surface area is 167 Å². The van der Waals surface area contributed by atoms with Gasteiger partial charge in [-0.2, -0.15) is 0 Å². The van der Waals surface area contributed by atoms with Gasteiger partial charge in [-0.1, -0.05) is 13.0 Å². The lowest BCUT2D eigenvalue weighted by atomic mass is 9.66. The number of carbonyl (C=O) groups excluding carboxylic acids is 2. The molecule has 4 rings (SSSR count). The number of piperidine rings is 1. The van der Waals surface area contributed by atoms with Gasteiger partial charge in [-0.15, -0.1) is 0 Å². The van der Waals surface area contributed by atoms with Crippen LogP contribution in [0.1, 0.15) is 69.6 Å². The highest BCUT2D eigenvalue weighted by atomic mass is 16.6. The first-order valence-corrected chi connectivity index (χ1v) is 10.4. The van der Waals surface area contributed by atoms with Crippen LogP contribution in [-0.2, 0) is 4.74 Å². The van der Waals surface area contributed by atoms with E-state index >= 15 is 0 Å². The maximum Gasteiger partial charge on any atom is 0.410 e. The molecule has 2 saturated heterocycles. The van der Waals surface area contributed by atoms with E-state index < -0.39 is 5.60 Å². The lowest BCUT2D eigenvalue weighted by molar-refractivity contribution is -0.0247. The van der Waals surface area contributed by atoms with Gasteiger partial charge in [0.25, 0.3) is 5.91 Å². The Morgan fingerprint density at radius 3 is 2.61 bits per heavy atom. The molecule has 1 aromatic heterocycles. The maximum atomic E-state index is 13.4. The summed E-state index contributed by atoms with van der Waals surface area (Å²) < 4.78 is 5.71. The average molecular weight is 386 g/mol. The number of aromatic nitrogens is 1. The molecular formula is C22H31N3O3. The number of rotatable bonds is 1. The molecule has 0 N–H and O–H groups in total. The van der Waals surface area contributed by atoms with Gasteiger partial charge in [0.1, 0.15) is 11.3 Å². The molecule has 1 aliphatic carbocycles. The molecule has 3 heterocycles. The Kier molecular flexibility index (Phi) is 4.43. The standard InChI is InChI=1S/C22H31N3O3/c1-14-8-6-9-16(23-14)19(26)25-15-12-22(5)17(10-7-11-18(22)25)24(13-15)20(27)28-21(2,3)4/h6,8-9,15,17-18H,7,10-13H2,1-5H3/t15-,17+,18-,22+/m0/s1. The van der Waals surface area contributed by atoms with E-state index in [4.69, 9.17) is 4.74 Å². The summed E-state index contributed by atoms with van der Waals surface area (Å²) in [4.78, 5) is 34.8. The van der Waals surface area contributed by atoms with E-state index in [1.54, 1.807) is 6.07 Å². The largest absolute Gasteiger partial charge is 0.444 e. The van der Waals surface area contributed by atoms with Gasteiger partial charge in [0, 0.05) is 29.7 Å². The van der Waals surface area contributed by atoms with E-state index in [1.807, 2.05) is 49.6 Å². The van der Waals surface area contributed by atoms with Crippen LogP contribution in [0, 0.1) is 12.3 Å². The van der Waals surface area contributed by atoms with E-state index in [-0.39, 0.29) is 35.5 Å². The number of carbonyl (C=O) groups is 2. The fourth-order valence-corrected chi connectivity index (χ4v) is 5.62.